The highest BCUT2D eigenvalue weighted by atomic mass is 15.1. The van der Waals surface area contributed by atoms with Crippen molar-refractivity contribution in [3.63, 3.8) is 0 Å². The summed E-state index contributed by atoms with van der Waals surface area (Å²) in [6.07, 6.45) is 0. The van der Waals surface area contributed by atoms with Crippen LogP contribution in [0.15, 0.2) is 291 Å². The summed E-state index contributed by atoms with van der Waals surface area (Å²) < 4.78 is 0. The Morgan fingerprint density at radius 1 is 0.181 bits per heavy atom. The second kappa shape index (κ2) is 18.4. The molecule has 0 bridgehead atoms. The Bertz CT molecular complexity index is 3810. The summed E-state index contributed by atoms with van der Waals surface area (Å²) in [5, 5.41) is 9.65. The normalized spacial score (nSPS) is 11.3. The zero-order valence-corrected chi connectivity index (χ0v) is 39.6. The van der Waals surface area contributed by atoms with Crippen LogP contribution in [0.2, 0.25) is 0 Å². The van der Waals surface area contributed by atoms with Crippen molar-refractivity contribution in [1.29, 1.82) is 0 Å². The van der Waals surface area contributed by atoms with Crippen LogP contribution >= 0.6 is 0 Å². The summed E-state index contributed by atoms with van der Waals surface area (Å²) in [6, 6.07) is 106. The van der Waals surface area contributed by atoms with Gasteiger partial charge in [0.15, 0.2) is 0 Å². The van der Waals surface area contributed by atoms with Crippen LogP contribution in [0.5, 0.6) is 0 Å². The Morgan fingerprint density at radius 2 is 0.514 bits per heavy atom. The minimum Gasteiger partial charge on any atom is -0.310 e. The van der Waals surface area contributed by atoms with E-state index in [1.165, 1.54) is 76.5 Å². The van der Waals surface area contributed by atoms with Crippen molar-refractivity contribution in [3.8, 4) is 44.5 Å². The highest BCUT2D eigenvalue weighted by molar-refractivity contribution is 6.03. The monoisotopic (exact) mass is 916 g/mol. The average Bonchev–Trinajstić information content (AvgIpc) is 3.46. The fourth-order valence-electron chi connectivity index (χ4n) is 10.6. The Kier molecular flexibility index (Phi) is 10.9. The predicted octanol–water partition coefficient (Wildman–Crippen LogP) is 19.9. The van der Waals surface area contributed by atoms with Gasteiger partial charge < -0.3 is 9.80 Å². The van der Waals surface area contributed by atoms with Crippen molar-refractivity contribution in [2.24, 2.45) is 0 Å². The van der Waals surface area contributed by atoms with Crippen molar-refractivity contribution < 1.29 is 0 Å². The molecular formula is C70H48N2. The molecule has 0 spiro atoms. The minimum absolute atomic E-state index is 1.09. The first kappa shape index (κ1) is 42.6. The van der Waals surface area contributed by atoms with E-state index >= 15 is 0 Å². The lowest BCUT2D eigenvalue weighted by Crippen LogP contribution is -2.10. The molecule has 0 unspecified atom stereocenters. The number of benzene rings is 13. The van der Waals surface area contributed by atoms with E-state index in [4.69, 9.17) is 0 Å². The topological polar surface area (TPSA) is 6.48 Å². The lowest BCUT2D eigenvalue weighted by atomic mass is 9.94. The fourth-order valence-corrected chi connectivity index (χ4v) is 10.6. The molecule has 2 heteroatoms. The molecular weight excluding hydrogens is 869 g/mol. The molecule has 0 aliphatic carbocycles. The van der Waals surface area contributed by atoms with E-state index < -0.39 is 0 Å². The number of anilines is 6. The molecule has 0 aromatic heterocycles. The predicted molar refractivity (Wildman–Crippen MR) is 308 cm³/mol. The molecule has 13 rings (SSSR count). The highest BCUT2D eigenvalue weighted by Crippen LogP contribution is 2.44. The molecule has 13 aromatic rings. The molecule has 0 radical (unpaired) electrons. The molecule has 0 fully saturated rings. The number of rotatable bonds is 10. The summed E-state index contributed by atoms with van der Waals surface area (Å²) in [4.78, 5) is 4.81. The van der Waals surface area contributed by atoms with Crippen LogP contribution < -0.4 is 9.80 Å². The fraction of sp³-hybridized carbons (Fsp3) is 0. The number of fused-ring (bicyclic) bond motifs is 4. The van der Waals surface area contributed by atoms with Gasteiger partial charge in [-0.05, 0) is 150 Å². The van der Waals surface area contributed by atoms with Gasteiger partial charge in [-0.25, -0.2) is 0 Å². The van der Waals surface area contributed by atoms with Gasteiger partial charge >= 0.3 is 0 Å². The van der Waals surface area contributed by atoms with Crippen molar-refractivity contribution in [2.75, 3.05) is 9.80 Å². The van der Waals surface area contributed by atoms with Gasteiger partial charge in [-0.2, -0.15) is 0 Å². The molecule has 2 nitrogen and oxygen atoms in total. The molecule has 0 aliphatic rings. The van der Waals surface area contributed by atoms with Crippen molar-refractivity contribution in [3.05, 3.63) is 291 Å². The summed E-state index contributed by atoms with van der Waals surface area (Å²) >= 11 is 0. The van der Waals surface area contributed by atoms with Crippen LogP contribution in [0.3, 0.4) is 0 Å². The SMILES string of the molecule is c1ccc(-c2ccc3cc(N(c4ccc(-c5ccccc5-c5ccc(N(c6ccc7cc(-c8ccccc8)ccc7c6)c6cccc7ccccc67)cc5)cc4)c4cccc5ccccc45)ccc3c2)cc1. The number of hydrogen-bond acceptors (Lipinski definition) is 2. The van der Waals surface area contributed by atoms with E-state index in [9.17, 15) is 0 Å². The molecule has 0 N–H and O–H groups in total. The van der Waals surface area contributed by atoms with Crippen LogP contribution in [-0.2, 0) is 0 Å². The van der Waals surface area contributed by atoms with Crippen molar-refractivity contribution >= 4 is 77.2 Å². The average molecular weight is 917 g/mol. The first-order valence-corrected chi connectivity index (χ1v) is 24.7. The molecule has 0 saturated carbocycles. The van der Waals surface area contributed by atoms with Gasteiger partial charge in [0.1, 0.15) is 0 Å². The molecule has 0 heterocycles. The second-order valence-electron chi connectivity index (χ2n) is 18.5. The third-order valence-corrected chi connectivity index (χ3v) is 14.2. The zero-order valence-electron chi connectivity index (χ0n) is 39.6. The van der Waals surface area contributed by atoms with Gasteiger partial charge in [-0.1, -0.05) is 218 Å². The zero-order chi connectivity index (χ0) is 47.8. The second-order valence-corrected chi connectivity index (χ2v) is 18.5. The Morgan fingerprint density at radius 3 is 0.958 bits per heavy atom. The number of nitrogens with zero attached hydrogens (tertiary/aromatic N) is 2. The Labute approximate surface area is 420 Å². The molecule has 72 heavy (non-hydrogen) atoms. The van der Waals surface area contributed by atoms with Gasteiger partial charge in [0.2, 0.25) is 0 Å². The summed E-state index contributed by atoms with van der Waals surface area (Å²) in [5.74, 6) is 0. The molecule has 338 valence electrons. The lowest BCUT2D eigenvalue weighted by Gasteiger charge is -2.28. The van der Waals surface area contributed by atoms with Gasteiger partial charge in [0.05, 0.1) is 11.4 Å². The van der Waals surface area contributed by atoms with E-state index in [0.717, 1.165) is 45.3 Å². The van der Waals surface area contributed by atoms with Crippen molar-refractivity contribution in [2.45, 2.75) is 0 Å². The maximum atomic E-state index is 2.40. The van der Waals surface area contributed by atoms with Crippen LogP contribution in [0, 0.1) is 0 Å². The van der Waals surface area contributed by atoms with Gasteiger partial charge in [0, 0.05) is 33.5 Å². The smallest absolute Gasteiger partial charge is 0.0540 e. The summed E-state index contributed by atoms with van der Waals surface area (Å²) in [6.45, 7) is 0. The molecule has 0 aliphatic heterocycles. The van der Waals surface area contributed by atoms with E-state index in [0.29, 0.717) is 0 Å². The number of hydrogen-bond donors (Lipinski definition) is 0. The van der Waals surface area contributed by atoms with E-state index in [1.807, 2.05) is 0 Å². The standard InChI is InChI=1S/C70H48N2/c1-3-15-49(16-4-1)55-29-31-59-47-63(43-37-57(59)45-55)71(69-27-13-21-51-19-7-9-25-67(51)69)61-39-33-53(34-40-61)65-23-11-12-24-66(65)54-35-41-62(42-36-54)72(70-28-14-22-52-20-8-10-26-68(52)70)64-44-38-58-46-56(30-32-60(58)48-64)50-17-5-2-6-18-50/h1-48H. The van der Waals surface area contributed by atoms with Crippen LogP contribution in [0.4, 0.5) is 34.1 Å². The third kappa shape index (κ3) is 8.01. The molecule has 13 aromatic carbocycles. The van der Waals surface area contributed by atoms with Gasteiger partial charge in [0.25, 0.3) is 0 Å². The quantitative estimate of drug-likeness (QED) is 0.135. The first-order chi connectivity index (χ1) is 35.7. The van der Waals surface area contributed by atoms with Crippen LogP contribution in [0.1, 0.15) is 0 Å². The maximum absolute atomic E-state index is 2.40. The summed E-state index contributed by atoms with van der Waals surface area (Å²) in [7, 11) is 0. The minimum atomic E-state index is 1.09. The van der Waals surface area contributed by atoms with E-state index in [-0.39, 0.29) is 0 Å². The van der Waals surface area contributed by atoms with Crippen LogP contribution in [0.25, 0.3) is 87.6 Å². The molecule has 0 atom stereocenters. The lowest BCUT2D eigenvalue weighted by molar-refractivity contribution is 1.30. The van der Waals surface area contributed by atoms with E-state index in [1.54, 1.807) is 0 Å². The molecule has 0 amide bonds. The third-order valence-electron chi connectivity index (χ3n) is 14.2. The van der Waals surface area contributed by atoms with Gasteiger partial charge in [-0.15, -0.1) is 0 Å². The highest BCUT2D eigenvalue weighted by Gasteiger charge is 2.19. The Balaban J connectivity index is 0.858. The Hall–Kier alpha value is -9.50. The summed E-state index contributed by atoms with van der Waals surface area (Å²) in [5.41, 5.74) is 16.2. The molecule has 0 saturated heterocycles. The maximum Gasteiger partial charge on any atom is 0.0540 e. The first-order valence-electron chi connectivity index (χ1n) is 24.7. The largest absolute Gasteiger partial charge is 0.310 e. The van der Waals surface area contributed by atoms with Gasteiger partial charge in [-0.3, -0.25) is 0 Å². The van der Waals surface area contributed by atoms with E-state index in [2.05, 4.69) is 301 Å². The van der Waals surface area contributed by atoms with Crippen molar-refractivity contribution in [1.82, 2.24) is 0 Å². The van der Waals surface area contributed by atoms with Crippen LogP contribution in [-0.4, -0.2) is 0 Å².